The second-order valence-electron chi connectivity index (χ2n) is 6.48. The lowest BCUT2D eigenvalue weighted by Gasteiger charge is -2.28. The number of carbonyl (C=O) groups is 1. The van der Waals surface area contributed by atoms with Crippen LogP contribution >= 0.6 is 11.6 Å². The van der Waals surface area contributed by atoms with Crippen LogP contribution in [0.5, 0.6) is 0 Å². The summed E-state index contributed by atoms with van der Waals surface area (Å²) in [4.78, 5) is 14.7. The van der Waals surface area contributed by atoms with Crippen molar-refractivity contribution in [3.63, 3.8) is 0 Å². The van der Waals surface area contributed by atoms with Crippen molar-refractivity contribution in [1.29, 1.82) is 5.26 Å². The van der Waals surface area contributed by atoms with E-state index in [0.717, 1.165) is 5.69 Å². The molecule has 136 valence electrons. The van der Waals surface area contributed by atoms with Gasteiger partial charge < -0.3 is 9.32 Å². The lowest BCUT2D eigenvalue weighted by atomic mass is 9.98. The molecule has 0 saturated carbocycles. The molecule has 0 aliphatic carbocycles. The van der Waals surface area contributed by atoms with Gasteiger partial charge in [0.2, 0.25) is 0 Å². The molecule has 27 heavy (non-hydrogen) atoms. The molecule has 4 rings (SSSR count). The lowest BCUT2D eigenvalue weighted by Crippen LogP contribution is -2.38. The Hall–Kier alpha value is -3.04. The standard InChI is InChI=1S/C20H17ClN4O2/c21-15-3-5-16(6-4-15)25-18(19-2-1-11-27-19)12-17(23-25)20(26)24-9-7-14(13-22)8-10-24/h1-6,11-12,14H,7-10H2. The number of aromatic nitrogens is 2. The summed E-state index contributed by atoms with van der Waals surface area (Å²) in [6, 6.07) is 14.9. The molecule has 3 aromatic rings. The Labute approximate surface area is 161 Å². The number of furan rings is 1. The monoisotopic (exact) mass is 380 g/mol. The van der Waals surface area contributed by atoms with Crippen molar-refractivity contribution < 1.29 is 9.21 Å². The van der Waals surface area contributed by atoms with E-state index in [0.29, 0.717) is 48.1 Å². The molecule has 0 N–H and O–H groups in total. The van der Waals surface area contributed by atoms with Gasteiger partial charge in [0, 0.05) is 30.1 Å². The molecule has 6 nitrogen and oxygen atoms in total. The molecule has 0 spiro atoms. The van der Waals surface area contributed by atoms with Crippen LogP contribution in [-0.4, -0.2) is 33.7 Å². The van der Waals surface area contributed by atoms with Crippen molar-refractivity contribution in [3.05, 3.63) is 59.4 Å². The molecule has 3 heterocycles. The Balaban J connectivity index is 1.68. The normalized spacial score (nSPS) is 14.9. The molecule has 0 radical (unpaired) electrons. The van der Waals surface area contributed by atoms with Gasteiger partial charge in [-0.25, -0.2) is 4.68 Å². The van der Waals surface area contributed by atoms with Crippen molar-refractivity contribution in [2.24, 2.45) is 5.92 Å². The maximum Gasteiger partial charge on any atom is 0.274 e. The fourth-order valence-corrected chi connectivity index (χ4v) is 3.36. The zero-order chi connectivity index (χ0) is 18.8. The molecular formula is C20H17ClN4O2. The third-order valence-corrected chi connectivity index (χ3v) is 4.99. The molecule has 1 aromatic carbocycles. The number of rotatable bonds is 3. The Morgan fingerprint density at radius 2 is 1.96 bits per heavy atom. The van der Waals surface area contributed by atoms with Crippen LogP contribution in [0.3, 0.4) is 0 Å². The van der Waals surface area contributed by atoms with E-state index in [2.05, 4.69) is 11.2 Å². The molecule has 1 fully saturated rings. The van der Waals surface area contributed by atoms with E-state index in [4.69, 9.17) is 21.3 Å². The zero-order valence-electron chi connectivity index (χ0n) is 14.5. The van der Waals surface area contributed by atoms with Gasteiger partial charge in [-0.3, -0.25) is 4.79 Å². The van der Waals surface area contributed by atoms with Gasteiger partial charge in [-0.05, 0) is 49.2 Å². The van der Waals surface area contributed by atoms with Crippen LogP contribution in [0.1, 0.15) is 23.3 Å². The van der Waals surface area contributed by atoms with E-state index in [1.165, 1.54) is 0 Å². The Kier molecular flexibility index (Phi) is 4.69. The van der Waals surface area contributed by atoms with Gasteiger partial charge in [0.15, 0.2) is 11.5 Å². The van der Waals surface area contributed by atoms with E-state index < -0.39 is 0 Å². The van der Waals surface area contributed by atoms with E-state index in [1.54, 1.807) is 40.1 Å². The number of benzene rings is 1. The van der Waals surface area contributed by atoms with Crippen LogP contribution in [0.15, 0.2) is 53.1 Å². The summed E-state index contributed by atoms with van der Waals surface area (Å²) in [6.07, 6.45) is 2.99. The van der Waals surface area contributed by atoms with Gasteiger partial charge >= 0.3 is 0 Å². The average molecular weight is 381 g/mol. The van der Waals surface area contributed by atoms with Gasteiger partial charge in [0.1, 0.15) is 5.69 Å². The second kappa shape index (κ2) is 7.29. The minimum absolute atomic E-state index is 0.0272. The Morgan fingerprint density at radius 3 is 2.59 bits per heavy atom. The highest BCUT2D eigenvalue weighted by molar-refractivity contribution is 6.30. The van der Waals surface area contributed by atoms with Gasteiger partial charge in [0.25, 0.3) is 5.91 Å². The maximum absolute atomic E-state index is 12.9. The predicted octanol–water partition coefficient (Wildman–Crippen LogP) is 4.16. The lowest BCUT2D eigenvalue weighted by molar-refractivity contribution is 0.0701. The first-order chi connectivity index (χ1) is 13.2. The van der Waals surface area contributed by atoms with Crippen molar-refractivity contribution in [2.45, 2.75) is 12.8 Å². The minimum atomic E-state index is -0.132. The molecule has 2 aromatic heterocycles. The largest absolute Gasteiger partial charge is 0.463 e. The number of likely N-dealkylation sites (tertiary alicyclic amines) is 1. The SMILES string of the molecule is N#CC1CCN(C(=O)c2cc(-c3ccco3)n(-c3ccc(Cl)cc3)n2)CC1. The first kappa shape index (κ1) is 17.4. The van der Waals surface area contributed by atoms with Crippen LogP contribution in [0.25, 0.3) is 17.1 Å². The number of hydrogen-bond acceptors (Lipinski definition) is 4. The third-order valence-electron chi connectivity index (χ3n) is 4.74. The van der Waals surface area contributed by atoms with Crippen molar-refractivity contribution in [1.82, 2.24) is 14.7 Å². The average Bonchev–Trinajstić information content (AvgIpc) is 3.38. The van der Waals surface area contributed by atoms with Crippen LogP contribution in [0, 0.1) is 17.2 Å². The van der Waals surface area contributed by atoms with Crippen LogP contribution in [0.2, 0.25) is 5.02 Å². The Morgan fingerprint density at radius 1 is 1.22 bits per heavy atom. The number of halogens is 1. The number of piperidine rings is 1. The van der Waals surface area contributed by atoms with Crippen molar-refractivity contribution in [3.8, 4) is 23.2 Å². The predicted molar refractivity (Wildman–Crippen MR) is 101 cm³/mol. The summed E-state index contributed by atoms with van der Waals surface area (Å²) in [5.74, 6) is 0.519. The van der Waals surface area contributed by atoms with Crippen LogP contribution in [0.4, 0.5) is 0 Å². The third kappa shape index (κ3) is 3.46. The summed E-state index contributed by atoms with van der Waals surface area (Å²) >= 11 is 5.99. The first-order valence-electron chi connectivity index (χ1n) is 8.74. The molecule has 0 atom stereocenters. The highest BCUT2D eigenvalue weighted by atomic mass is 35.5. The zero-order valence-corrected chi connectivity index (χ0v) is 15.3. The Bertz CT molecular complexity index is 978. The van der Waals surface area contributed by atoms with E-state index >= 15 is 0 Å². The van der Waals surface area contributed by atoms with Crippen molar-refractivity contribution >= 4 is 17.5 Å². The fourth-order valence-electron chi connectivity index (χ4n) is 3.24. The van der Waals surface area contributed by atoms with Gasteiger partial charge in [-0.2, -0.15) is 10.4 Å². The number of nitrogens with zero attached hydrogens (tertiary/aromatic N) is 4. The number of nitriles is 1. The smallest absolute Gasteiger partial charge is 0.274 e. The number of amides is 1. The molecule has 7 heteroatoms. The minimum Gasteiger partial charge on any atom is -0.463 e. The van der Waals surface area contributed by atoms with E-state index in [9.17, 15) is 4.79 Å². The summed E-state index contributed by atoms with van der Waals surface area (Å²) in [6.45, 7) is 1.14. The number of hydrogen-bond donors (Lipinski definition) is 0. The quantitative estimate of drug-likeness (QED) is 0.683. The highest BCUT2D eigenvalue weighted by Crippen LogP contribution is 2.26. The molecule has 1 aliphatic heterocycles. The fraction of sp³-hybridized carbons (Fsp3) is 0.250. The summed E-state index contributed by atoms with van der Waals surface area (Å²) in [7, 11) is 0. The maximum atomic E-state index is 12.9. The molecule has 0 unspecified atom stereocenters. The van der Waals surface area contributed by atoms with Gasteiger partial charge in [-0.15, -0.1) is 0 Å². The molecular weight excluding hydrogens is 364 g/mol. The van der Waals surface area contributed by atoms with Crippen LogP contribution < -0.4 is 0 Å². The van der Waals surface area contributed by atoms with E-state index in [1.807, 2.05) is 18.2 Å². The summed E-state index contributed by atoms with van der Waals surface area (Å²) in [5.41, 5.74) is 1.83. The summed E-state index contributed by atoms with van der Waals surface area (Å²) < 4.78 is 7.21. The highest BCUT2D eigenvalue weighted by Gasteiger charge is 2.26. The van der Waals surface area contributed by atoms with E-state index in [-0.39, 0.29) is 11.8 Å². The van der Waals surface area contributed by atoms with Crippen LogP contribution in [-0.2, 0) is 0 Å². The first-order valence-corrected chi connectivity index (χ1v) is 9.12. The topological polar surface area (TPSA) is 75.1 Å². The molecule has 0 bridgehead atoms. The van der Waals surface area contributed by atoms with Gasteiger partial charge in [-0.1, -0.05) is 11.6 Å². The van der Waals surface area contributed by atoms with Crippen molar-refractivity contribution in [2.75, 3.05) is 13.1 Å². The number of carbonyl (C=O) groups excluding carboxylic acids is 1. The van der Waals surface area contributed by atoms with Gasteiger partial charge in [0.05, 0.1) is 18.0 Å². The molecule has 1 amide bonds. The molecule has 1 saturated heterocycles. The molecule has 1 aliphatic rings. The second-order valence-corrected chi connectivity index (χ2v) is 6.91. The summed E-state index contributed by atoms with van der Waals surface area (Å²) in [5, 5.41) is 14.2.